The molecule has 1 unspecified atom stereocenters. The normalized spacial score (nSPS) is 12.4. The Morgan fingerprint density at radius 3 is 2.72 bits per heavy atom. The quantitative estimate of drug-likeness (QED) is 0.726. The van der Waals surface area contributed by atoms with Crippen LogP contribution >= 0.6 is 0 Å². The van der Waals surface area contributed by atoms with Gasteiger partial charge in [-0.25, -0.2) is 4.39 Å². The molecule has 2 N–H and O–H groups in total. The standard InChI is InChI=1S/C14H22FNO2/c1-3-13(16)8-11-7-12(15)10-14(9-11)18-6-4-5-17-2/h7,9-10,13H,3-6,8,16H2,1-2H3. The van der Waals surface area contributed by atoms with Gasteiger partial charge >= 0.3 is 0 Å². The van der Waals surface area contributed by atoms with E-state index in [0.717, 1.165) is 18.4 Å². The fourth-order valence-corrected chi connectivity index (χ4v) is 1.66. The van der Waals surface area contributed by atoms with Gasteiger partial charge in [0.05, 0.1) is 6.61 Å². The van der Waals surface area contributed by atoms with Crippen LogP contribution in [-0.4, -0.2) is 26.4 Å². The van der Waals surface area contributed by atoms with E-state index in [2.05, 4.69) is 0 Å². The van der Waals surface area contributed by atoms with E-state index >= 15 is 0 Å². The van der Waals surface area contributed by atoms with Crippen molar-refractivity contribution in [2.45, 2.75) is 32.2 Å². The van der Waals surface area contributed by atoms with E-state index in [1.54, 1.807) is 7.11 Å². The van der Waals surface area contributed by atoms with Gasteiger partial charge in [-0.1, -0.05) is 6.92 Å². The molecule has 1 atom stereocenters. The van der Waals surface area contributed by atoms with Crippen molar-refractivity contribution in [1.29, 1.82) is 0 Å². The molecule has 0 radical (unpaired) electrons. The molecule has 0 aliphatic carbocycles. The van der Waals surface area contributed by atoms with E-state index in [9.17, 15) is 4.39 Å². The minimum atomic E-state index is -0.280. The Hall–Kier alpha value is -1.13. The first-order valence-electron chi connectivity index (χ1n) is 6.32. The van der Waals surface area contributed by atoms with Gasteiger partial charge in [0.25, 0.3) is 0 Å². The maximum atomic E-state index is 13.4. The largest absolute Gasteiger partial charge is 0.493 e. The Labute approximate surface area is 108 Å². The molecular weight excluding hydrogens is 233 g/mol. The molecule has 0 amide bonds. The topological polar surface area (TPSA) is 44.5 Å². The van der Waals surface area contributed by atoms with E-state index in [0.29, 0.717) is 25.4 Å². The molecule has 1 aromatic carbocycles. The average molecular weight is 255 g/mol. The van der Waals surface area contributed by atoms with Crippen molar-refractivity contribution >= 4 is 0 Å². The van der Waals surface area contributed by atoms with Gasteiger partial charge in [-0.2, -0.15) is 0 Å². The van der Waals surface area contributed by atoms with Crippen LogP contribution in [-0.2, 0) is 11.2 Å². The summed E-state index contributed by atoms with van der Waals surface area (Å²) in [7, 11) is 1.65. The lowest BCUT2D eigenvalue weighted by Crippen LogP contribution is -2.21. The second-order valence-electron chi connectivity index (χ2n) is 4.36. The summed E-state index contributed by atoms with van der Waals surface area (Å²) in [6.45, 7) is 3.19. The molecule has 0 bridgehead atoms. The summed E-state index contributed by atoms with van der Waals surface area (Å²) >= 11 is 0. The first kappa shape index (κ1) is 14.9. The molecular formula is C14H22FNO2. The molecule has 0 aromatic heterocycles. The van der Waals surface area contributed by atoms with Crippen LogP contribution in [0.1, 0.15) is 25.3 Å². The third-order valence-corrected chi connectivity index (χ3v) is 2.71. The van der Waals surface area contributed by atoms with Crippen molar-refractivity contribution in [2.24, 2.45) is 5.73 Å². The zero-order valence-electron chi connectivity index (χ0n) is 11.1. The molecule has 0 saturated heterocycles. The summed E-state index contributed by atoms with van der Waals surface area (Å²) in [6, 6.07) is 4.82. The Kier molecular flexibility index (Phi) is 6.68. The second kappa shape index (κ2) is 8.06. The predicted molar refractivity (Wildman–Crippen MR) is 70.4 cm³/mol. The molecule has 1 rings (SSSR count). The summed E-state index contributed by atoms with van der Waals surface area (Å²) in [5.74, 6) is 0.280. The van der Waals surface area contributed by atoms with Crippen molar-refractivity contribution < 1.29 is 13.9 Å². The van der Waals surface area contributed by atoms with Gasteiger partial charge in [0.1, 0.15) is 11.6 Å². The van der Waals surface area contributed by atoms with Gasteiger partial charge in [-0.05, 0) is 30.5 Å². The third-order valence-electron chi connectivity index (χ3n) is 2.71. The summed E-state index contributed by atoms with van der Waals surface area (Å²) in [5.41, 5.74) is 6.75. The third kappa shape index (κ3) is 5.47. The molecule has 4 heteroatoms. The molecule has 0 aliphatic rings. The van der Waals surface area contributed by atoms with Gasteiger partial charge in [0, 0.05) is 32.2 Å². The monoisotopic (exact) mass is 255 g/mol. The number of methoxy groups -OCH3 is 1. The number of halogens is 1. The van der Waals surface area contributed by atoms with Crippen molar-refractivity contribution in [3.05, 3.63) is 29.6 Å². The van der Waals surface area contributed by atoms with E-state index in [1.807, 2.05) is 13.0 Å². The van der Waals surface area contributed by atoms with Crippen molar-refractivity contribution in [2.75, 3.05) is 20.3 Å². The number of benzene rings is 1. The molecule has 102 valence electrons. The maximum absolute atomic E-state index is 13.4. The minimum absolute atomic E-state index is 0.0631. The van der Waals surface area contributed by atoms with Crippen molar-refractivity contribution in [1.82, 2.24) is 0 Å². The fraction of sp³-hybridized carbons (Fsp3) is 0.571. The SMILES string of the molecule is CCC(N)Cc1cc(F)cc(OCCCOC)c1. The molecule has 3 nitrogen and oxygen atoms in total. The molecule has 0 heterocycles. The zero-order valence-corrected chi connectivity index (χ0v) is 11.1. The average Bonchev–Trinajstić information content (AvgIpc) is 2.34. The van der Waals surface area contributed by atoms with Gasteiger partial charge in [0.15, 0.2) is 0 Å². The highest BCUT2D eigenvalue weighted by Gasteiger charge is 2.06. The lowest BCUT2D eigenvalue weighted by atomic mass is 10.0. The number of hydrogen-bond donors (Lipinski definition) is 1. The van der Waals surface area contributed by atoms with Crippen LogP contribution in [0.25, 0.3) is 0 Å². The van der Waals surface area contributed by atoms with Crippen LogP contribution in [0, 0.1) is 5.82 Å². The predicted octanol–water partition coefficient (Wildman–Crippen LogP) is 2.52. The summed E-state index contributed by atoms with van der Waals surface area (Å²) in [6.07, 6.45) is 2.33. The van der Waals surface area contributed by atoms with E-state index in [1.165, 1.54) is 12.1 Å². The van der Waals surface area contributed by atoms with Gasteiger partial charge < -0.3 is 15.2 Å². The van der Waals surface area contributed by atoms with Gasteiger partial charge in [0.2, 0.25) is 0 Å². The van der Waals surface area contributed by atoms with Crippen molar-refractivity contribution in [3.8, 4) is 5.75 Å². The van der Waals surface area contributed by atoms with Crippen LogP contribution in [0.2, 0.25) is 0 Å². The molecule has 0 aliphatic heterocycles. The van der Waals surface area contributed by atoms with Gasteiger partial charge in [-0.15, -0.1) is 0 Å². The highest BCUT2D eigenvalue weighted by molar-refractivity contribution is 5.30. The summed E-state index contributed by atoms with van der Waals surface area (Å²) in [5, 5.41) is 0. The van der Waals surface area contributed by atoms with E-state index in [4.69, 9.17) is 15.2 Å². The van der Waals surface area contributed by atoms with Crippen molar-refractivity contribution in [3.63, 3.8) is 0 Å². The lowest BCUT2D eigenvalue weighted by Gasteiger charge is -2.11. The number of ether oxygens (including phenoxy) is 2. The van der Waals surface area contributed by atoms with Crippen LogP contribution in [0.15, 0.2) is 18.2 Å². The maximum Gasteiger partial charge on any atom is 0.127 e. The number of nitrogens with two attached hydrogens (primary N) is 1. The first-order chi connectivity index (χ1) is 8.65. The van der Waals surface area contributed by atoms with Gasteiger partial charge in [-0.3, -0.25) is 0 Å². The highest BCUT2D eigenvalue weighted by atomic mass is 19.1. The van der Waals surface area contributed by atoms with Crippen LogP contribution in [0.5, 0.6) is 5.75 Å². The number of hydrogen-bond acceptors (Lipinski definition) is 3. The molecule has 1 aromatic rings. The Morgan fingerprint density at radius 2 is 2.06 bits per heavy atom. The summed E-state index contributed by atoms with van der Waals surface area (Å²) < 4.78 is 23.8. The molecule has 18 heavy (non-hydrogen) atoms. The first-order valence-corrected chi connectivity index (χ1v) is 6.32. The molecule has 0 saturated carbocycles. The smallest absolute Gasteiger partial charge is 0.127 e. The van der Waals surface area contributed by atoms with E-state index in [-0.39, 0.29) is 11.9 Å². The minimum Gasteiger partial charge on any atom is -0.493 e. The lowest BCUT2D eigenvalue weighted by molar-refractivity contribution is 0.172. The zero-order chi connectivity index (χ0) is 13.4. The molecule has 0 fully saturated rings. The second-order valence-corrected chi connectivity index (χ2v) is 4.36. The number of rotatable bonds is 8. The fourth-order valence-electron chi connectivity index (χ4n) is 1.66. The van der Waals surface area contributed by atoms with Crippen LogP contribution in [0.3, 0.4) is 0 Å². The van der Waals surface area contributed by atoms with E-state index < -0.39 is 0 Å². The highest BCUT2D eigenvalue weighted by Crippen LogP contribution is 2.18. The summed E-state index contributed by atoms with van der Waals surface area (Å²) in [4.78, 5) is 0. The Bertz CT molecular complexity index is 358. The van der Waals surface area contributed by atoms with Crippen LogP contribution < -0.4 is 10.5 Å². The van der Waals surface area contributed by atoms with Crippen LogP contribution in [0.4, 0.5) is 4.39 Å². The Morgan fingerprint density at radius 1 is 1.28 bits per heavy atom. The Balaban J connectivity index is 2.57. The molecule has 0 spiro atoms.